The number of hydrogen-bond acceptors (Lipinski definition) is 5. The van der Waals surface area contributed by atoms with Crippen LogP contribution >= 0.6 is 0 Å². The normalized spacial score (nSPS) is 17.9. The number of Topliss-reactive ketones (excluding diaryl/α,β-unsaturated/α-hetero) is 1. The minimum atomic E-state index is -0.814. The Morgan fingerprint density at radius 2 is 1.82 bits per heavy atom. The molecule has 1 amide bonds. The van der Waals surface area contributed by atoms with E-state index < -0.39 is 23.5 Å². The highest BCUT2D eigenvalue weighted by atomic mass is 19.1. The molecule has 178 valence electrons. The van der Waals surface area contributed by atoms with Crippen molar-refractivity contribution in [3.05, 3.63) is 77.0 Å². The molecule has 2 aromatic heterocycles. The highest BCUT2D eigenvalue weighted by molar-refractivity contribution is 6.46. The number of pyridine rings is 1. The largest absolute Gasteiger partial charge is 0.505 e. The van der Waals surface area contributed by atoms with E-state index in [0.29, 0.717) is 35.6 Å². The maximum Gasteiger partial charge on any atom is 0.295 e. The Morgan fingerprint density at radius 1 is 1.12 bits per heavy atom. The number of imidazole rings is 1. The van der Waals surface area contributed by atoms with Gasteiger partial charge in [-0.15, -0.1) is 0 Å². The molecule has 3 heterocycles. The zero-order valence-corrected chi connectivity index (χ0v) is 19.7. The van der Waals surface area contributed by atoms with Gasteiger partial charge in [0, 0.05) is 12.7 Å². The molecule has 8 heteroatoms. The van der Waals surface area contributed by atoms with Gasteiger partial charge in [-0.3, -0.25) is 14.0 Å². The van der Waals surface area contributed by atoms with Crippen LogP contribution in [-0.4, -0.2) is 62.2 Å². The first kappa shape index (κ1) is 23.6. The first-order chi connectivity index (χ1) is 16.4. The van der Waals surface area contributed by atoms with E-state index in [1.807, 2.05) is 6.07 Å². The van der Waals surface area contributed by atoms with Crippen molar-refractivity contribution < 1.29 is 19.1 Å². The van der Waals surface area contributed by atoms with Crippen molar-refractivity contribution in [1.29, 1.82) is 0 Å². The molecular formula is C26H29FN4O3. The summed E-state index contributed by atoms with van der Waals surface area (Å²) in [5.74, 6) is -2.11. The monoisotopic (exact) mass is 464 g/mol. The predicted octanol–water partition coefficient (Wildman–Crippen LogP) is 3.94. The molecule has 3 aromatic rings. The van der Waals surface area contributed by atoms with Gasteiger partial charge in [-0.1, -0.05) is 32.0 Å². The van der Waals surface area contributed by atoms with Crippen molar-refractivity contribution in [3.8, 4) is 0 Å². The first-order valence-electron chi connectivity index (χ1n) is 11.6. The molecule has 7 nitrogen and oxygen atoms in total. The number of fused-ring (bicyclic) bond motifs is 1. The van der Waals surface area contributed by atoms with E-state index in [9.17, 15) is 19.1 Å². The van der Waals surface area contributed by atoms with Gasteiger partial charge in [0.15, 0.2) is 5.76 Å². The number of carbonyl (C=O) groups is 2. The molecule has 1 aliphatic rings. The molecule has 34 heavy (non-hydrogen) atoms. The van der Waals surface area contributed by atoms with Crippen molar-refractivity contribution >= 4 is 23.1 Å². The fourth-order valence-electron chi connectivity index (χ4n) is 4.63. The summed E-state index contributed by atoms with van der Waals surface area (Å²) in [6.45, 7) is 8.80. The number of ketones is 1. The van der Waals surface area contributed by atoms with Crippen LogP contribution in [0.15, 0.2) is 54.2 Å². The molecule has 0 spiro atoms. The second-order valence-electron chi connectivity index (χ2n) is 8.40. The Balaban J connectivity index is 1.81. The highest BCUT2D eigenvalue weighted by Crippen LogP contribution is 2.40. The summed E-state index contributed by atoms with van der Waals surface area (Å²) in [4.78, 5) is 34.6. The maximum atomic E-state index is 13.7. The topological polar surface area (TPSA) is 78.2 Å². The quantitative estimate of drug-likeness (QED) is 0.310. The number of aliphatic hydroxyl groups excluding tert-OH is 1. The van der Waals surface area contributed by atoms with Gasteiger partial charge in [-0.2, -0.15) is 0 Å². The zero-order chi connectivity index (χ0) is 24.4. The van der Waals surface area contributed by atoms with E-state index in [4.69, 9.17) is 0 Å². The Morgan fingerprint density at radius 3 is 2.50 bits per heavy atom. The molecule has 0 bridgehead atoms. The highest BCUT2D eigenvalue weighted by Gasteiger charge is 2.46. The Labute approximate surface area is 198 Å². The smallest absolute Gasteiger partial charge is 0.295 e. The van der Waals surface area contributed by atoms with Gasteiger partial charge < -0.3 is 14.9 Å². The lowest BCUT2D eigenvalue weighted by Crippen LogP contribution is -2.33. The minimum absolute atomic E-state index is 0.00630. The van der Waals surface area contributed by atoms with E-state index >= 15 is 0 Å². The van der Waals surface area contributed by atoms with Crippen molar-refractivity contribution in [2.75, 3.05) is 26.2 Å². The van der Waals surface area contributed by atoms with E-state index in [1.165, 1.54) is 17.0 Å². The summed E-state index contributed by atoms with van der Waals surface area (Å²) in [6.07, 6.45) is 2.42. The number of aliphatic hydroxyl groups is 1. The van der Waals surface area contributed by atoms with Gasteiger partial charge in [0.1, 0.15) is 17.2 Å². The van der Waals surface area contributed by atoms with Gasteiger partial charge in [0.2, 0.25) is 0 Å². The van der Waals surface area contributed by atoms with Crippen LogP contribution in [0.4, 0.5) is 4.39 Å². The predicted molar refractivity (Wildman–Crippen MR) is 128 cm³/mol. The van der Waals surface area contributed by atoms with Crippen LogP contribution in [0.1, 0.15) is 43.3 Å². The van der Waals surface area contributed by atoms with Gasteiger partial charge >= 0.3 is 0 Å². The molecule has 1 fully saturated rings. The van der Waals surface area contributed by atoms with Crippen LogP contribution < -0.4 is 0 Å². The molecule has 4 rings (SSSR count). The number of nitrogens with zero attached hydrogens (tertiary/aromatic N) is 4. The second kappa shape index (κ2) is 9.77. The molecule has 1 N–H and O–H groups in total. The summed E-state index contributed by atoms with van der Waals surface area (Å²) >= 11 is 0. The Kier molecular flexibility index (Phi) is 6.79. The number of likely N-dealkylation sites (tertiary alicyclic amines) is 1. The first-order valence-corrected chi connectivity index (χ1v) is 11.6. The zero-order valence-electron chi connectivity index (χ0n) is 19.7. The van der Waals surface area contributed by atoms with Gasteiger partial charge in [0.05, 0.1) is 17.3 Å². The molecule has 1 aromatic carbocycles. The number of aryl methyl sites for hydroxylation is 1. The summed E-state index contributed by atoms with van der Waals surface area (Å²) < 4.78 is 15.4. The summed E-state index contributed by atoms with van der Waals surface area (Å²) in [7, 11) is 0. The van der Waals surface area contributed by atoms with Gasteiger partial charge in [-0.25, -0.2) is 9.37 Å². The van der Waals surface area contributed by atoms with Crippen molar-refractivity contribution in [1.82, 2.24) is 19.2 Å². The third-order valence-corrected chi connectivity index (χ3v) is 6.42. The van der Waals surface area contributed by atoms with Crippen LogP contribution in [-0.2, 0) is 9.59 Å². The second-order valence-corrected chi connectivity index (χ2v) is 8.40. The van der Waals surface area contributed by atoms with Gasteiger partial charge in [-0.05, 0) is 62.8 Å². The third kappa shape index (κ3) is 4.21. The number of benzene rings is 1. The van der Waals surface area contributed by atoms with Gasteiger partial charge in [0.25, 0.3) is 11.7 Å². The van der Waals surface area contributed by atoms with Crippen LogP contribution in [0.5, 0.6) is 0 Å². The summed E-state index contributed by atoms with van der Waals surface area (Å²) in [6, 6.07) is 10.3. The molecule has 0 saturated carbocycles. The third-order valence-electron chi connectivity index (χ3n) is 6.42. The summed E-state index contributed by atoms with van der Waals surface area (Å²) in [5, 5.41) is 11.4. The standard InChI is InChI=1S/C26H29FN4O3/c1-4-29(5-2)14-8-16-31-23(18-10-12-19(27)13-11-18)21(25(33)26(31)34)24(32)22-17(3)28-20-9-6-7-15-30(20)22/h6-7,9-13,15,23,32H,4-5,8,14,16H2,1-3H3/b24-21-. The molecule has 1 aliphatic heterocycles. The van der Waals surface area contributed by atoms with E-state index in [-0.39, 0.29) is 11.3 Å². The summed E-state index contributed by atoms with van der Waals surface area (Å²) in [5.41, 5.74) is 2.08. The Bertz CT molecular complexity index is 1240. The molecular weight excluding hydrogens is 435 g/mol. The molecule has 1 atom stereocenters. The lowest BCUT2D eigenvalue weighted by atomic mass is 9.96. The molecule has 1 unspecified atom stereocenters. The van der Waals surface area contributed by atoms with Crippen LogP contribution in [0.3, 0.4) is 0 Å². The average molecular weight is 465 g/mol. The maximum absolute atomic E-state index is 13.7. The molecule has 0 aliphatic carbocycles. The van der Waals surface area contributed by atoms with E-state index in [2.05, 4.69) is 23.7 Å². The molecule has 1 saturated heterocycles. The lowest BCUT2D eigenvalue weighted by Gasteiger charge is -2.26. The average Bonchev–Trinajstić information content (AvgIpc) is 3.30. The number of hydrogen-bond donors (Lipinski definition) is 1. The van der Waals surface area contributed by atoms with Crippen molar-refractivity contribution in [2.24, 2.45) is 0 Å². The van der Waals surface area contributed by atoms with Crippen LogP contribution in [0.2, 0.25) is 0 Å². The van der Waals surface area contributed by atoms with E-state index in [0.717, 1.165) is 19.6 Å². The van der Waals surface area contributed by atoms with Crippen molar-refractivity contribution in [2.45, 2.75) is 33.2 Å². The fraction of sp³-hybridized carbons (Fsp3) is 0.346. The lowest BCUT2D eigenvalue weighted by molar-refractivity contribution is -0.140. The number of aromatic nitrogens is 2. The molecule has 0 radical (unpaired) electrons. The van der Waals surface area contributed by atoms with Crippen LogP contribution in [0, 0.1) is 12.7 Å². The Hall–Kier alpha value is -3.52. The number of halogens is 1. The number of rotatable bonds is 8. The van der Waals surface area contributed by atoms with Crippen LogP contribution in [0.25, 0.3) is 11.4 Å². The van der Waals surface area contributed by atoms with E-state index in [1.54, 1.807) is 41.8 Å². The van der Waals surface area contributed by atoms with Crippen molar-refractivity contribution in [3.63, 3.8) is 0 Å². The minimum Gasteiger partial charge on any atom is -0.505 e. The number of carbonyl (C=O) groups excluding carboxylic acids is 2. The SMILES string of the molecule is CCN(CC)CCCN1C(=O)C(=O)/C(=C(\O)c2c(C)nc3ccccn23)C1c1ccc(F)cc1. The number of amides is 1. The fourth-order valence-corrected chi connectivity index (χ4v) is 4.63.